The van der Waals surface area contributed by atoms with Crippen LogP contribution in [0.25, 0.3) is 0 Å². The van der Waals surface area contributed by atoms with E-state index in [0.29, 0.717) is 12.5 Å². The molecule has 162 valence electrons. The third-order valence-corrected chi connectivity index (χ3v) is 6.45. The molecule has 2 aliphatic carbocycles. The van der Waals surface area contributed by atoms with Crippen molar-refractivity contribution in [3.63, 3.8) is 0 Å². The first-order valence-corrected chi connectivity index (χ1v) is 10.7. The molecule has 3 aliphatic rings. The predicted octanol–water partition coefficient (Wildman–Crippen LogP) is 4.73. The summed E-state index contributed by atoms with van der Waals surface area (Å²) in [7, 11) is 1.28. The number of hydrogen-bond acceptors (Lipinski definition) is 4. The Morgan fingerprint density at radius 1 is 1.23 bits per heavy atom. The summed E-state index contributed by atoms with van der Waals surface area (Å²) in [6, 6.07) is 6.54. The van der Waals surface area contributed by atoms with Gasteiger partial charge in [-0.2, -0.15) is 0 Å². The topological polar surface area (TPSA) is 38.8 Å². The van der Waals surface area contributed by atoms with Gasteiger partial charge in [-0.25, -0.2) is 8.78 Å². The summed E-state index contributed by atoms with van der Waals surface area (Å²) >= 11 is 0. The number of ether oxygens (including phenoxy) is 2. The van der Waals surface area contributed by atoms with E-state index in [9.17, 15) is 9.18 Å². The number of esters is 1. The average molecular weight is 417 g/mol. The van der Waals surface area contributed by atoms with Crippen LogP contribution in [0, 0.1) is 17.7 Å². The van der Waals surface area contributed by atoms with Crippen LogP contribution >= 0.6 is 0 Å². The molecule has 30 heavy (non-hydrogen) atoms. The van der Waals surface area contributed by atoms with Crippen molar-refractivity contribution in [3.05, 3.63) is 59.4 Å². The van der Waals surface area contributed by atoms with Crippen molar-refractivity contribution < 1.29 is 23.0 Å². The number of carbonyl (C=O) groups is 1. The van der Waals surface area contributed by atoms with Gasteiger partial charge in [0.15, 0.2) is 0 Å². The van der Waals surface area contributed by atoms with Gasteiger partial charge in [0.1, 0.15) is 11.7 Å². The van der Waals surface area contributed by atoms with Crippen molar-refractivity contribution in [3.8, 4) is 0 Å². The fraction of sp³-hybridized carbons (Fsp3) is 0.542. The zero-order valence-electron chi connectivity index (χ0n) is 17.5. The summed E-state index contributed by atoms with van der Waals surface area (Å²) in [5.41, 5.74) is 2.01. The maximum Gasteiger partial charge on any atom is 0.318 e. The summed E-state index contributed by atoms with van der Waals surface area (Å²) < 4.78 is 40.0. The van der Waals surface area contributed by atoms with Crippen LogP contribution < -0.4 is 0 Å². The first-order valence-electron chi connectivity index (χ1n) is 10.7. The van der Waals surface area contributed by atoms with Crippen LogP contribution in [0.15, 0.2) is 48.1 Å². The van der Waals surface area contributed by atoms with Gasteiger partial charge in [0.25, 0.3) is 0 Å². The minimum atomic E-state index is -2.21. The lowest BCUT2D eigenvalue weighted by Gasteiger charge is -2.40. The highest BCUT2D eigenvalue weighted by Gasteiger charge is 2.47. The number of carbonyl (C=O) groups excluding carboxylic acids is 1. The minimum absolute atomic E-state index is 0.0622. The number of methoxy groups -OCH3 is 1. The Balaban J connectivity index is 1.46. The summed E-state index contributed by atoms with van der Waals surface area (Å²) in [5.74, 6) is -3.76. The summed E-state index contributed by atoms with van der Waals surface area (Å²) in [6.07, 6.45) is 8.22. The van der Waals surface area contributed by atoms with Crippen LogP contribution in [0.1, 0.15) is 44.2 Å². The minimum Gasteiger partial charge on any atom is -0.468 e. The largest absolute Gasteiger partial charge is 0.468 e. The van der Waals surface area contributed by atoms with Crippen LogP contribution in [0.4, 0.5) is 8.78 Å². The SMILES string of the molecule is COC(=O)C1C=C(C2CC2)C=CC1(F)O[C@@H]1CCCN([C@H](C)c2ccc(F)cc2)C1. The lowest BCUT2D eigenvalue weighted by Crippen LogP contribution is -2.48. The van der Waals surface area contributed by atoms with Crippen LogP contribution in [0.2, 0.25) is 0 Å². The molecule has 0 bridgehead atoms. The Hall–Kier alpha value is -2.05. The molecule has 0 spiro atoms. The van der Waals surface area contributed by atoms with E-state index in [1.54, 1.807) is 24.3 Å². The summed E-state index contributed by atoms with van der Waals surface area (Å²) in [6.45, 7) is 3.47. The Morgan fingerprint density at radius 2 is 1.97 bits per heavy atom. The fourth-order valence-corrected chi connectivity index (χ4v) is 4.45. The van der Waals surface area contributed by atoms with Gasteiger partial charge in [-0.3, -0.25) is 9.69 Å². The van der Waals surface area contributed by atoms with E-state index in [1.165, 1.54) is 25.3 Å². The Kier molecular flexibility index (Phi) is 6.07. The van der Waals surface area contributed by atoms with Gasteiger partial charge in [0.2, 0.25) is 5.85 Å². The lowest BCUT2D eigenvalue weighted by molar-refractivity contribution is -0.195. The standard InChI is InChI=1S/C24H29F2NO3/c1-16(17-7-9-20(25)10-8-17)27-13-3-4-21(15-27)30-24(26)12-11-19(18-5-6-18)14-22(24)23(28)29-2/h7-12,14,16,18,21-22H,3-6,13,15H2,1-2H3/t16-,21-,22?,24?/m1/s1. The molecule has 4 atom stereocenters. The number of benzene rings is 1. The van der Waals surface area contributed by atoms with Crippen LogP contribution in [-0.4, -0.2) is 43.0 Å². The molecule has 1 aliphatic heterocycles. The number of allylic oxidation sites excluding steroid dienone is 2. The molecule has 2 fully saturated rings. The molecule has 1 heterocycles. The van der Waals surface area contributed by atoms with Gasteiger partial charge in [0.05, 0.1) is 13.2 Å². The first-order chi connectivity index (χ1) is 14.4. The molecular formula is C24H29F2NO3. The van der Waals surface area contributed by atoms with E-state index < -0.39 is 17.7 Å². The Labute approximate surface area is 176 Å². The van der Waals surface area contributed by atoms with Crippen molar-refractivity contribution in [2.45, 2.75) is 50.6 Å². The fourth-order valence-electron chi connectivity index (χ4n) is 4.45. The molecule has 1 aromatic rings. The highest BCUT2D eigenvalue weighted by Crippen LogP contribution is 2.43. The molecule has 0 aromatic heterocycles. The van der Waals surface area contributed by atoms with Gasteiger partial charge in [-0.1, -0.05) is 24.3 Å². The Bertz CT molecular complexity index is 833. The summed E-state index contributed by atoms with van der Waals surface area (Å²) in [4.78, 5) is 14.6. The number of piperidine rings is 1. The molecule has 1 aromatic carbocycles. The van der Waals surface area contributed by atoms with E-state index >= 15 is 4.39 Å². The number of likely N-dealkylation sites (tertiary alicyclic amines) is 1. The second-order valence-electron chi connectivity index (χ2n) is 8.58. The van der Waals surface area contributed by atoms with E-state index in [-0.39, 0.29) is 18.0 Å². The van der Waals surface area contributed by atoms with Gasteiger partial charge in [0, 0.05) is 12.6 Å². The van der Waals surface area contributed by atoms with Gasteiger partial charge in [-0.05, 0) is 74.4 Å². The monoisotopic (exact) mass is 417 g/mol. The zero-order valence-corrected chi connectivity index (χ0v) is 17.5. The smallest absolute Gasteiger partial charge is 0.318 e. The van der Waals surface area contributed by atoms with Crippen LogP contribution in [-0.2, 0) is 14.3 Å². The van der Waals surface area contributed by atoms with E-state index in [0.717, 1.165) is 43.4 Å². The van der Waals surface area contributed by atoms with Crippen molar-refractivity contribution in [2.24, 2.45) is 11.8 Å². The maximum absolute atomic E-state index is 15.9. The second kappa shape index (κ2) is 8.60. The van der Waals surface area contributed by atoms with Crippen LogP contribution in [0.5, 0.6) is 0 Å². The van der Waals surface area contributed by atoms with Crippen LogP contribution in [0.3, 0.4) is 0 Å². The zero-order chi connectivity index (χ0) is 21.3. The third kappa shape index (κ3) is 4.49. The molecule has 1 saturated heterocycles. The number of rotatable bonds is 6. The Morgan fingerprint density at radius 3 is 2.63 bits per heavy atom. The number of halogens is 2. The highest BCUT2D eigenvalue weighted by molar-refractivity contribution is 5.77. The van der Waals surface area contributed by atoms with Gasteiger partial charge < -0.3 is 9.47 Å². The molecule has 0 radical (unpaired) electrons. The number of alkyl halides is 1. The molecule has 2 unspecified atom stereocenters. The quantitative estimate of drug-likeness (QED) is 0.628. The molecule has 1 saturated carbocycles. The van der Waals surface area contributed by atoms with Crippen molar-refractivity contribution in [2.75, 3.05) is 20.2 Å². The van der Waals surface area contributed by atoms with E-state index in [2.05, 4.69) is 11.8 Å². The molecule has 4 nitrogen and oxygen atoms in total. The first kappa shape index (κ1) is 21.2. The second-order valence-corrected chi connectivity index (χ2v) is 8.58. The molecule has 4 rings (SSSR count). The number of nitrogens with zero attached hydrogens (tertiary/aromatic N) is 1. The van der Waals surface area contributed by atoms with Crippen molar-refractivity contribution in [1.29, 1.82) is 0 Å². The normalized spacial score (nSPS) is 30.6. The molecule has 0 amide bonds. The summed E-state index contributed by atoms with van der Waals surface area (Å²) in [5, 5.41) is 0. The van der Waals surface area contributed by atoms with Gasteiger partial charge >= 0.3 is 5.97 Å². The number of hydrogen-bond donors (Lipinski definition) is 0. The van der Waals surface area contributed by atoms with Crippen molar-refractivity contribution >= 4 is 5.97 Å². The molecular weight excluding hydrogens is 388 g/mol. The molecule has 6 heteroatoms. The molecule has 0 N–H and O–H groups in total. The lowest BCUT2D eigenvalue weighted by atomic mass is 9.89. The highest BCUT2D eigenvalue weighted by atomic mass is 19.2. The van der Waals surface area contributed by atoms with Crippen molar-refractivity contribution in [1.82, 2.24) is 4.90 Å². The van der Waals surface area contributed by atoms with Gasteiger partial charge in [-0.15, -0.1) is 0 Å². The maximum atomic E-state index is 15.9. The average Bonchev–Trinajstić information content (AvgIpc) is 3.59. The third-order valence-electron chi connectivity index (χ3n) is 6.45. The predicted molar refractivity (Wildman–Crippen MR) is 110 cm³/mol. The van der Waals surface area contributed by atoms with E-state index in [4.69, 9.17) is 9.47 Å². The van der Waals surface area contributed by atoms with E-state index in [1.807, 2.05) is 0 Å².